The molecule has 1 aromatic carbocycles. The lowest BCUT2D eigenvalue weighted by Crippen LogP contribution is -3.13. The Hall–Kier alpha value is -2.34. The number of quaternary nitrogens is 1. The Morgan fingerprint density at radius 2 is 1.89 bits per heavy atom. The van der Waals surface area contributed by atoms with Crippen molar-refractivity contribution < 1.29 is 19.2 Å². The van der Waals surface area contributed by atoms with Crippen LogP contribution in [0.3, 0.4) is 0 Å². The van der Waals surface area contributed by atoms with Gasteiger partial charge in [0.2, 0.25) is 0 Å². The molecule has 1 aliphatic rings. The SMILES string of the molecule is CCCN(C(=O)C[NH+](CC)CC(=O)Nc1ccc(OC)cc1)C1=CCCCC1. The third-order valence-corrected chi connectivity index (χ3v) is 5.05. The van der Waals surface area contributed by atoms with E-state index in [1.165, 1.54) is 6.42 Å². The highest BCUT2D eigenvalue weighted by molar-refractivity contribution is 5.91. The summed E-state index contributed by atoms with van der Waals surface area (Å²) in [6.07, 6.45) is 7.52. The van der Waals surface area contributed by atoms with Crippen LogP contribution in [0.4, 0.5) is 5.69 Å². The van der Waals surface area contributed by atoms with Gasteiger partial charge in [-0.15, -0.1) is 0 Å². The van der Waals surface area contributed by atoms with Crippen molar-refractivity contribution in [3.63, 3.8) is 0 Å². The molecule has 1 aliphatic carbocycles. The number of carbonyl (C=O) groups excluding carboxylic acids is 2. The summed E-state index contributed by atoms with van der Waals surface area (Å²) in [4.78, 5) is 28.3. The van der Waals surface area contributed by atoms with E-state index in [0.717, 1.165) is 60.8 Å². The second-order valence-corrected chi connectivity index (χ2v) is 7.22. The Balaban J connectivity index is 1.92. The largest absolute Gasteiger partial charge is 0.497 e. The first kappa shape index (κ1) is 22.0. The molecule has 1 unspecified atom stereocenters. The second-order valence-electron chi connectivity index (χ2n) is 7.22. The quantitative estimate of drug-likeness (QED) is 0.646. The molecule has 0 spiro atoms. The highest BCUT2D eigenvalue weighted by Crippen LogP contribution is 2.21. The van der Waals surface area contributed by atoms with Crippen molar-refractivity contribution in [1.29, 1.82) is 0 Å². The number of nitrogens with one attached hydrogen (secondary N) is 2. The zero-order chi connectivity index (χ0) is 20.4. The molecule has 6 nitrogen and oxygen atoms in total. The summed E-state index contributed by atoms with van der Waals surface area (Å²) < 4.78 is 5.13. The molecular formula is C22H34N3O3+. The van der Waals surface area contributed by atoms with Gasteiger partial charge in [0.15, 0.2) is 13.1 Å². The molecule has 2 amide bonds. The van der Waals surface area contributed by atoms with Gasteiger partial charge in [0, 0.05) is 17.9 Å². The fraction of sp³-hybridized carbons (Fsp3) is 0.545. The summed E-state index contributed by atoms with van der Waals surface area (Å²) >= 11 is 0. The van der Waals surface area contributed by atoms with Crippen LogP contribution < -0.4 is 15.0 Å². The molecule has 0 fully saturated rings. The van der Waals surface area contributed by atoms with Crippen LogP contribution >= 0.6 is 0 Å². The van der Waals surface area contributed by atoms with Gasteiger partial charge >= 0.3 is 0 Å². The summed E-state index contributed by atoms with van der Waals surface area (Å²) in [5.41, 5.74) is 1.89. The summed E-state index contributed by atoms with van der Waals surface area (Å²) in [6.45, 7) is 6.18. The number of rotatable bonds is 10. The van der Waals surface area contributed by atoms with Crippen LogP contribution in [0.1, 0.15) is 46.0 Å². The Morgan fingerprint density at radius 3 is 2.46 bits per heavy atom. The summed E-state index contributed by atoms with van der Waals surface area (Å²) in [6, 6.07) is 7.24. The molecule has 28 heavy (non-hydrogen) atoms. The minimum absolute atomic E-state index is 0.0891. The number of hydrogen-bond donors (Lipinski definition) is 2. The first-order chi connectivity index (χ1) is 13.6. The Kier molecular flexibility index (Phi) is 9.01. The lowest BCUT2D eigenvalue weighted by Gasteiger charge is -2.28. The minimum atomic E-state index is -0.0891. The predicted octanol–water partition coefficient (Wildman–Crippen LogP) is 2.23. The molecule has 0 saturated carbocycles. The van der Waals surface area contributed by atoms with Crippen LogP contribution in [0.5, 0.6) is 5.75 Å². The lowest BCUT2D eigenvalue weighted by atomic mass is 10.0. The molecule has 0 aromatic heterocycles. The normalized spacial score (nSPS) is 14.8. The van der Waals surface area contributed by atoms with Gasteiger partial charge in [-0.25, -0.2) is 0 Å². The highest BCUT2D eigenvalue weighted by atomic mass is 16.5. The smallest absolute Gasteiger partial charge is 0.281 e. The first-order valence-electron chi connectivity index (χ1n) is 10.3. The monoisotopic (exact) mass is 388 g/mol. The van der Waals surface area contributed by atoms with Gasteiger partial charge in [0.25, 0.3) is 11.8 Å². The lowest BCUT2D eigenvalue weighted by molar-refractivity contribution is -0.881. The van der Waals surface area contributed by atoms with Crippen molar-refractivity contribution in [3.05, 3.63) is 36.0 Å². The average Bonchev–Trinajstić information content (AvgIpc) is 2.72. The van der Waals surface area contributed by atoms with Gasteiger partial charge in [-0.2, -0.15) is 0 Å². The second kappa shape index (κ2) is 11.5. The van der Waals surface area contributed by atoms with Gasteiger partial charge in [-0.3, -0.25) is 9.59 Å². The molecule has 0 saturated heterocycles. The summed E-state index contributed by atoms with van der Waals surface area (Å²) in [5, 5.41) is 2.90. The first-order valence-corrected chi connectivity index (χ1v) is 10.3. The molecule has 0 aliphatic heterocycles. The molecular weight excluding hydrogens is 354 g/mol. The van der Waals surface area contributed by atoms with Crippen LogP contribution in [-0.4, -0.2) is 50.0 Å². The zero-order valence-electron chi connectivity index (χ0n) is 17.4. The maximum atomic E-state index is 12.9. The molecule has 154 valence electrons. The molecule has 6 heteroatoms. The van der Waals surface area contributed by atoms with E-state index in [2.05, 4.69) is 18.3 Å². The van der Waals surface area contributed by atoms with E-state index >= 15 is 0 Å². The van der Waals surface area contributed by atoms with Gasteiger partial charge in [-0.05, 0) is 63.3 Å². The maximum Gasteiger partial charge on any atom is 0.281 e. The van der Waals surface area contributed by atoms with Crippen LogP contribution in [-0.2, 0) is 9.59 Å². The average molecular weight is 389 g/mol. The van der Waals surface area contributed by atoms with E-state index in [9.17, 15) is 9.59 Å². The summed E-state index contributed by atoms with van der Waals surface area (Å²) in [5.74, 6) is 0.773. The van der Waals surface area contributed by atoms with Crippen LogP contribution in [0.2, 0.25) is 0 Å². The number of carbonyl (C=O) groups is 2. The van der Waals surface area contributed by atoms with E-state index in [-0.39, 0.29) is 18.4 Å². The number of benzene rings is 1. The number of anilines is 1. The highest BCUT2D eigenvalue weighted by Gasteiger charge is 2.24. The van der Waals surface area contributed by atoms with Gasteiger partial charge < -0.3 is 19.9 Å². The van der Waals surface area contributed by atoms with Gasteiger partial charge in [0.1, 0.15) is 5.75 Å². The van der Waals surface area contributed by atoms with Crippen molar-refractivity contribution in [1.82, 2.24) is 4.90 Å². The van der Waals surface area contributed by atoms with Gasteiger partial charge in [-0.1, -0.05) is 13.0 Å². The van der Waals surface area contributed by atoms with Crippen LogP contribution in [0.15, 0.2) is 36.0 Å². The number of methoxy groups -OCH3 is 1. The number of amides is 2. The number of ether oxygens (including phenoxy) is 1. The maximum absolute atomic E-state index is 12.9. The third-order valence-electron chi connectivity index (χ3n) is 5.05. The Bertz CT molecular complexity index is 670. The third kappa shape index (κ3) is 6.68. The zero-order valence-corrected chi connectivity index (χ0v) is 17.4. The molecule has 1 aromatic rings. The topological polar surface area (TPSA) is 63.1 Å². The minimum Gasteiger partial charge on any atom is -0.497 e. The fourth-order valence-electron chi connectivity index (χ4n) is 3.45. The molecule has 0 heterocycles. The number of nitrogens with zero attached hydrogens (tertiary/aromatic N) is 1. The molecule has 0 bridgehead atoms. The Morgan fingerprint density at radius 1 is 1.14 bits per heavy atom. The van der Waals surface area contributed by atoms with Crippen molar-refractivity contribution in [3.8, 4) is 5.75 Å². The van der Waals surface area contributed by atoms with Crippen LogP contribution in [0.25, 0.3) is 0 Å². The van der Waals surface area contributed by atoms with E-state index in [0.29, 0.717) is 6.54 Å². The Labute approximate surface area is 168 Å². The van der Waals surface area contributed by atoms with E-state index in [1.807, 2.05) is 36.1 Å². The number of hydrogen-bond acceptors (Lipinski definition) is 3. The summed E-state index contributed by atoms with van der Waals surface area (Å²) in [7, 11) is 1.61. The van der Waals surface area contributed by atoms with Gasteiger partial charge in [0.05, 0.1) is 13.7 Å². The fourth-order valence-corrected chi connectivity index (χ4v) is 3.45. The van der Waals surface area contributed by atoms with Crippen molar-refractivity contribution in [2.24, 2.45) is 0 Å². The van der Waals surface area contributed by atoms with E-state index < -0.39 is 0 Å². The van der Waals surface area contributed by atoms with Crippen molar-refractivity contribution in [2.45, 2.75) is 46.0 Å². The number of likely N-dealkylation sites (N-methyl/N-ethyl adjacent to an activating group) is 1. The van der Waals surface area contributed by atoms with E-state index in [4.69, 9.17) is 4.74 Å². The van der Waals surface area contributed by atoms with Crippen LogP contribution in [0, 0.1) is 0 Å². The van der Waals surface area contributed by atoms with E-state index in [1.54, 1.807) is 7.11 Å². The molecule has 1 atom stereocenters. The van der Waals surface area contributed by atoms with Crippen molar-refractivity contribution >= 4 is 17.5 Å². The molecule has 0 radical (unpaired) electrons. The molecule has 2 rings (SSSR count). The number of allylic oxidation sites excluding steroid dienone is 2. The standard InChI is InChI=1S/C22H33N3O3/c1-4-15-25(19-9-7-6-8-10-19)22(27)17-24(5-2)16-21(26)23-18-11-13-20(28-3)14-12-18/h9,11-14H,4-8,10,15-17H2,1-3H3,(H,23,26)/p+1. The van der Waals surface area contributed by atoms with Crippen molar-refractivity contribution in [2.75, 3.05) is 38.6 Å². The molecule has 2 N–H and O–H groups in total. The predicted molar refractivity (Wildman–Crippen MR) is 111 cm³/mol.